The van der Waals surface area contributed by atoms with Crippen molar-refractivity contribution in [2.75, 3.05) is 6.61 Å². The molecule has 0 aliphatic rings. The van der Waals surface area contributed by atoms with Crippen LogP contribution in [0.5, 0.6) is 0 Å². The first-order valence-electron chi connectivity index (χ1n) is 5.78. The van der Waals surface area contributed by atoms with Crippen LogP contribution in [-0.2, 0) is 16.1 Å². The number of rotatable bonds is 4. The second kappa shape index (κ2) is 5.74. The minimum absolute atomic E-state index is 0.308. The van der Waals surface area contributed by atoms with E-state index in [1.807, 2.05) is 35.0 Å². The Morgan fingerprint density at radius 3 is 3.06 bits per heavy atom. The van der Waals surface area contributed by atoms with Crippen LogP contribution in [0.3, 0.4) is 0 Å². The van der Waals surface area contributed by atoms with Crippen LogP contribution in [-0.4, -0.2) is 17.1 Å². The van der Waals surface area contributed by atoms with Crippen molar-refractivity contribution in [1.82, 2.24) is 4.57 Å². The summed E-state index contributed by atoms with van der Waals surface area (Å²) in [4.78, 5) is 11.1. The molecule has 2 aromatic rings. The summed E-state index contributed by atoms with van der Waals surface area (Å²) in [5.41, 5.74) is 1.09. The first-order valence-corrected chi connectivity index (χ1v) is 6.16. The Balaban J connectivity index is 2.10. The third kappa shape index (κ3) is 2.93. The number of aromatic nitrogens is 1. The van der Waals surface area contributed by atoms with Gasteiger partial charge in [-0.05, 0) is 31.2 Å². The zero-order valence-electron chi connectivity index (χ0n) is 10.1. The second-order valence-corrected chi connectivity index (χ2v) is 4.26. The molecule has 18 heavy (non-hydrogen) atoms. The molecule has 0 amide bonds. The maximum atomic E-state index is 11.1. The predicted molar refractivity (Wildman–Crippen MR) is 72.7 cm³/mol. The molecule has 4 heteroatoms. The monoisotopic (exact) mass is 263 g/mol. The molecule has 1 aromatic heterocycles. The smallest absolute Gasteiger partial charge is 0.330 e. The van der Waals surface area contributed by atoms with Gasteiger partial charge < -0.3 is 9.30 Å². The van der Waals surface area contributed by atoms with E-state index in [1.165, 1.54) is 6.08 Å². The molecule has 0 unspecified atom stereocenters. The number of halogens is 1. The van der Waals surface area contributed by atoms with E-state index in [-0.39, 0.29) is 5.97 Å². The largest absolute Gasteiger partial charge is 0.463 e. The van der Waals surface area contributed by atoms with Gasteiger partial charge in [-0.1, -0.05) is 17.7 Å². The van der Waals surface area contributed by atoms with Crippen molar-refractivity contribution < 1.29 is 9.53 Å². The van der Waals surface area contributed by atoms with E-state index >= 15 is 0 Å². The van der Waals surface area contributed by atoms with E-state index < -0.39 is 0 Å². The minimum atomic E-state index is -0.308. The van der Waals surface area contributed by atoms with Crippen LogP contribution in [0.2, 0.25) is 5.02 Å². The SMILES string of the molecule is CCOC(=O)/C=C/Cn1ccc2cc(Cl)ccc21. The summed E-state index contributed by atoms with van der Waals surface area (Å²) in [5.74, 6) is -0.308. The summed E-state index contributed by atoms with van der Waals surface area (Å²) in [6.07, 6.45) is 5.20. The van der Waals surface area contributed by atoms with Crippen LogP contribution in [0.15, 0.2) is 42.6 Å². The van der Waals surface area contributed by atoms with Gasteiger partial charge in [0.05, 0.1) is 6.61 Å². The molecule has 0 saturated heterocycles. The molecule has 0 bridgehead atoms. The number of fused-ring (bicyclic) bond motifs is 1. The Morgan fingerprint density at radius 1 is 1.44 bits per heavy atom. The lowest BCUT2D eigenvalue weighted by Crippen LogP contribution is -2.00. The highest BCUT2D eigenvalue weighted by atomic mass is 35.5. The maximum absolute atomic E-state index is 11.1. The van der Waals surface area contributed by atoms with E-state index in [2.05, 4.69) is 0 Å². The molecule has 0 radical (unpaired) electrons. The summed E-state index contributed by atoms with van der Waals surface area (Å²) >= 11 is 5.92. The number of ether oxygens (including phenoxy) is 1. The van der Waals surface area contributed by atoms with E-state index in [0.717, 1.165) is 15.9 Å². The highest BCUT2D eigenvalue weighted by Crippen LogP contribution is 2.20. The number of nitrogens with zero attached hydrogens (tertiary/aromatic N) is 1. The molecule has 0 fully saturated rings. The van der Waals surface area contributed by atoms with Gasteiger partial charge in [-0.3, -0.25) is 0 Å². The summed E-state index contributed by atoms with van der Waals surface area (Å²) in [6.45, 7) is 2.81. The van der Waals surface area contributed by atoms with Gasteiger partial charge >= 0.3 is 5.97 Å². The Bertz CT molecular complexity index is 586. The van der Waals surface area contributed by atoms with Crippen LogP contribution in [0.1, 0.15) is 6.92 Å². The molecule has 1 aromatic carbocycles. The first-order chi connectivity index (χ1) is 8.70. The summed E-state index contributed by atoms with van der Waals surface area (Å²) in [6, 6.07) is 7.74. The van der Waals surface area contributed by atoms with E-state index in [0.29, 0.717) is 13.2 Å². The lowest BCUT2D eigenvalue weighted by atomic mass is 10.2. The predicted octanol–water partition coefficient (Wildman–Crippen LogP) is 3.41. The van der Waals surface area contributed by atoms with Crippen LogP contribution in [0.25, 0.3) is 10.9 Å². The number of hydrogen-bond donors (Lipinski definition) is 0. The Kier molecular flexibility index (Phi) is 4.05. The van der Waals surface area contributed by atoms with Crippen molar-refractivity contribution in [2.45, 2.75) is 13.5 Å². The molecule has 0 atom stereocenters. The topological polar surface area (TPSA) is 31.2 Å². The van der Waals surface area contributed by atoms with E-state index in [1.54, 1.807) is 13.0 Å². The van der Waals surface area contributed by atoms with Gasteiger partial charge in [0.1, 0.15) is 0 Å². The van der Waals surface area contributed by atoms with Crippen molar-refractivity contribution in [2.24, 2.45) is 0 Å². The van der Waals surface area contributed by atoms with E-state index in [9.17, 15) is 4.79 Å². The molecule has 0 aliphatic heterocycles. The third-order valence-electron chi connectivity index (χ3n) is 2.58. The van der Waals surface area contributed by atoms with Crippen molar-refractivity contribution in [3.63, 3.8) is 0 Å². The van der Waals surface area contributed by atoms with E-state index in [4.69, 9.17) is 16.3 Å². The lowest BCUT2D eigenvalue weighted by molar-refractivity contribution is -0.137. The fourth-order valence-electron chi connectivity index (χ4n) is 1.78. The zero-order valence-corrected chi connectivity index (χ0v) is 10.9. The normalized spacial score (nSPS) is 11.2. The average molecular weight is 264 g/mol. The van der Waals surface area contributed by atoms with Gasteiger partial charge in [0.25, 0.3) is 0 Å². The van der Waals surface area contributed by atoms with Gasteiger partial charge in [0.15, 0.2) is 0 Å². The third-order valence-corrected chi connectivity index (χ3v) is 2.81. The molecule has 94 valence electrons. The van der Waals surface area contributed by atoms with Crippen molar-refractivity contribution in [1.29, 1.82) is 0 Å². The fourth-order valence-corrected chi connectivity index (χ4v) is 1.96. The van der Waals surface area contributed by atoms with Crippen LogP contribution >= 0.6 is 11.6 Å². The van der Waals surface area contributed by atoms with Crippen molar-refractivity contribution in [3.05, 3.63) is 47.6 Å². The standard InChI is InChI=1S/C14H14ClNO2/c1-2-18-14(17)4-3-8-16-9-7-11-10-12(15)5-6-13(11)16/h3-7,9-10H,2,8H2,1H3/b4-3+. The fraction of sp³-hybridized carbons (Fsp3) is 0.214. The average Bonchev–Trinajstić information content (AvgIpc) is 2.72. The van der Waals surface area contributed by atoms with Crippen molar-refractivity contribution in [3.8, 4) is 0 Å². The number of carbonyl (C=O) groups excluding carboxylic acids is 1. The lowest BCUT2D eigenvalue weighted by Gasteiger charge is -2.01. The molecule has 0 spiro atoms. The quantitative estimate of drug-likeness (QED) is 0.625. The molecule has 0 N–H and O–H groups in total. The molecule has 1 heterocycles. The number of benzene rings is 1. The second-order valence-electron chi connectivity index (χ2n) is 3.83. The van der Waals surface area contributed by atoms with Crippen LogP contribution in [0, 0.1) is 0 Å². The highest BCUT2D eigenvalue weighted by Gasteiger charge is 2.00. The number of esters is 1. The Morgan fingerprint density at radius 2 is 2.28 bits per heavy atom. The van der Waals surface area contributed by atoms with Gasteiger partial charge in [0.2, 0.25) is 0 Å². The molecule has 3 nitrogen and oxygen atoms in total. The maximum Gasteiger partial charge on any atom is 0.330 e. The van der Waals surface area contributed by atoms with Gasteiger partial charge in [-0.25, -0.2) is 4.79 Å². The number of carbonyl (C=O) groups is 1. The minimum Gasteiger partial charge on any atom is -0.463 e. The highest BCUT2D eigenvalue weighted by molar-refractivity contribution is 6.31. The Labute approximate surface area is 111 Å². The van der Waals surface area contributed by atoms with Gasteiger partial charge in [0, 0.05) is 34.7 Å². The Hall–Kier alpha value is -1.74. The molecular formula is C14H14ClNO2. The number of hydrogen-bond acceptors (Lipinski definition) is 2. The van der Waals surface area contributed by atoms with Crippen LogP contribution in [0.4, 0.5) is 0 Å². The molecule has 0 aliphatic carbocycles. The van der Waals surface area contributed by atoms with Gasteiger partial charge in [-0.2, -0.15) is 0 Å². The molecule has 2 rings (SSSR count). The summed E-state index contributed by atoms with van der Waals surface area (Å²) < 4.78 is 6.86. The summed E-state index contributed by atoms with van der Waals surface area (Å²) in [5, 5.41) is 1.81. The van der Waals surface area contributed by atoms with Crippen LogP contribution < -0.4 is 0 Å². The van der Waals surface area contributed by atoms with Gasteiger partial charge in [-0.15, -0.1) is 0 Å². The van der Waals surface area contributed by atoms with Crippen molar-refractivity contribution >= 4 is 28.5 Å². The first kappa shape index (κ1) is 12.7. The number of allylic oxidation sites excluding steroid dienone is 1. The molecule has 0 saturated carbocycles. The zero-order chi connectivity index (χ0) is 13.0. The molecular weight excluding hydrogens is 250 g/mol. The summed E-state index contributed by atoms with van der Waals surface area (Å²) in [7, 11) is 0.